The highest BCUT2D eigenvalue weighted by molar-refractivity contribution is 7.90. The van der Waals surface area contributed by atoms with Crippen molar-refractivity contribution in [1.29, 1.82) is 0 Å². The van der Waals surface area contributed by atoms with Gasteiger partial charge < -0.3 is 9.47 Å². The summed E-state index contributed by atoms with van der Waals surface area (Å²) in [6, 6.07) is 4.19. The maximum Gasteiger partial charge on any atom is 0.264 e. The summed E-state index contributed by atoms with van der Waals surface area (Å²) in [5.74, 6) is 0.191. The first-order valence-electron chi connectivity index (χ1n) is 7.42. The highest BCUT2D eigenvalue weighted by atomic mass is 32.2. The van der Waals surface area contributed by atoms with Crippen molar-refractivity contribution in [2.45, 2.75) is 37.0 Å². The van der Waals surface area contributed by atoms with Crippen LogP contribution in [0.1, 0.15) is 32.1 Å². The Morgan fingerprint density at radius 1 is 1.17 bits per heavy atom. The molecule has 0 heterocycles. The van der Waals surface area contributed by atoms with Gasteiger partial charge in [-0.3, -0.25) is 4.79 Å². The zero-order valence-corrected chi connectivity index (χ0v) is 14.1. The van der Waals surface area contributed by atoms with E-state index in [-0.39, 0.29) is 17.1 Å². The normalized spacial score (nSPS) is 14.8. The molecule has 0 spiro atoms. The lowest BCUT2D eigenvalue weighted by atomic mass is 9.97. The van der Waals surface area contributed by atoms with E-state index < -0.39 is 15.9 Å². The van der Waals surface area contributed by atoms with Crippen molar-refractivity contribution < 1.29 is 22.7 Å². The van der Waals surface area contributed by atoms with Crippen LogP contribution in [0, 0.1) is 0 Å². The number of methoxy groups -OCH3 is 2. The van der Waals surface area contributed by atoms with Crippen molar-refractivity contribution in [3.63, 3.8) is 0 Å². The lowest BCUT2D eigenvalue weighted by Gasteiger charge is -2.13. The Hall–Kier alpha value is -2.02. The molecule has 6 nitrogen and oxygen atoms in total. The second-order valence-corrected chi connectivity index (χ2v) is 7.01. The molecule has 1 N–H and O–H groups in total. The van der Waals surface area contributed by atoms with Gasteiger partial charge in [0.25, 0.3) is 10.0 Å². The Balaban J connectivity index is 2.11. The predicted octanol–water partition coefficient (Wildman–Crippen LogP) is 2.40. The molecule has 0 saturated carbocycles. The largest absolute Gasteiger partial charge is 0.493 e. The quantitative estimate of drug-likeness (QED) is 0.805. The topological polar surface area (TPSA) is 81.7 Å². The number of benzene rings is 1. The molecule has 0 saturated heterocycles. The smallest absolute Gasteiger partial charge is 0.264 e. The molecule has 1 aromatic carbocycles. The van der Waals surface area contributed by atoms with Gasteiger partial charge in [-0.1, -0.05) is 11.6 Å². The number of carbonyl (C=O) groups excluding carboxylic acids is 1. The second kappa shape index (κ2) is 7.50. The third kappa shape index (κ3) is 4.48. The average molecular weight is 339 g/mol. The Kier molecular flexibility index (Phi) is 5.65. The van der Waals surface area contributed by atoms with Crippen molar-refractivity contribution >= 4 is 15.9 Å². The van der Waals surface area contributed by atoms with Gasteiger partial charge in [-0.05, 0) is 37.8 Å². The monoisotopic (exact) mass is 339 g/mol. The highest BCUT2D eigenvalue weighted by Gasteiger charge is 2.20. The first kappa shape index (κ1) is 17.3. The molecule has 0 aliphatic heterocycles. The number of ether oxygens (including phenoxy) is 2. The molecule has 1 aliphatic carbocycles. The molecule has 0 atom stereocenters. The zero-order chi connectivity index (χ0) is 16.9. The summed E-state index contributed by atoms with van der Waals surface area (Å²) in [4.78, 5) is 12.0. The Labute approximate surface area is 136 Å². The molecule has 1 amide bonds. The molecular formula is C16H21NO5S. The fraction of sp³-hybridized carbons (Fsp3) is 0.438. The summed E-state index contributed by atoms with van der Waals surface area (Å²) in [5.41, 5.74) is 0.997. The van der Waals surface area contributed by atoms with Crippen molar-refractivity contribution in [2.75, 3.05) is 14.2 Å². The highest BCUT2D eigenvalue weighted by Crippen LogP contribution is 2.29. The summed E-state index contributed by atoms with van der Waals surface area (Å²) >= 11 is 0. The fourth-order valence-corrected chi connectivity index (χ4v) is 3.50. The summed E-state index contributed by atoms with van der Waals surface area (Å²) in [7, 11) is -1.05. The lowest BCUT2D eigenvalue weighted by Crippen LogP contribution is -2.30. The van der Waals surface area contributed by atoms with Gasteiger partial charge in [0, 0.05) is 12.5 Å². The van der Waals surface area contributed by atoms with E-state index in [0.717, 1.165) is 31.3 Å². The van der Waals surface area contributed by atoms with Crippen molar-refractivity contribution in [3.05, 3.63) is 29.8 Å². The molecule has 7 heteroatoms. The van der Waals surface area contributed by atoms with Crippen LogP contribution in [0.5, 0.6) is 11.5 Å². The number of sulfonamides is 1. The third-order valence-corrected chi connectivity index (χ3v) is 5.06. The Morgan fingerprint density at radius 3 is 2.52 bits per heavy atom. The van der Waals surface area contributed by atoms with Crippen LogP contribution in [0.25, 0.3) is 0 Å². The summed E-state index contributed by atoms with van der Waals surface area (Å²) in [5, 5.41) is 0. The number of carbonyl (C=O) groups is 1. The zero-order valence-electron chi connectivity index (χ0n) is 13.3. The Morgan fingerprint density at radius 2 is 1.91 bits per heavy atom. The van der Waals surface area contributed by atoms with E-state index in [1.807, 2.05) is 6.08 Å². The number of allylic oxidation sites excluding steroid dienone is 1. The minimum Gasteiger partial charge on any atom is -0.493 e. The molecular weight excluding hydrogens is 318 g/mol. The van der Waals surface area contributed by atoms with Gasteiger partial charge in [-0.2, -0.15) is 0 Å². The summed E-state index contributed by atoms with van der Waals surface area (Å²) in [6.07, 6.45) is 6.10. The molecule has 0 bridgehead atoms. The van der Waals surface area contributed by atoms with Crippen LogP contribution in [0.15, 0.2) is 34.7 Å². The van der Waals surface area contributed by atoms with Gasteiger partial charge in [0.05, 0.1) is 19.1 Å². The van der Waals surface area contributed by atoms with E-state index in [9.17, 15) is 13.2 Å². The van der Waals surface area contributed by atoms with Gasteiger partial charge in [0.15, 0.2) is 11.5 Å². The van der Waals surface area contributed by atoms with Crippen LogP contribution in [0.3, 0.4) is 0 Å². The molecule has 0 fully saturated rings. The third-order valence-electron chi connectivity index (χ3n) is 3.69. The number of hydrogen-bond acceptors (Lipinski definition) is 5. The van der Waals surface area contributed by atoms with E-state index in [0.29, 0.717) is 5.75 Å². The average Bonchev–Trinajstić information content (AvgIpc) is 2.54. The van der Waals surface area contributed by atoms with Crippen molar-refractivity contribution in [2.24, 2.45) is 0 Å². The van der Waals surface area contributed by atoms with Crippen LogP contribution in [0.2, 0.25) is 0 Å². The first-order valence-corrected chi connectivity index (χ1v) is 8.90. The van der Waals surface area contributed by atoms with Crippen LogP contribution < -0.4 is 14.2 Å². The minimum absolute atomic E-state index is 0.0406. The fourth-order valence-electron chi connectivity index (χ4n) is 2.50. The second-order valence-electron chi connectivity index (χ2n) is 5.33. The van der Waals surface area contributed by atoms with Gasteiger partial charge in [0.2, 0.25) is 5.91 Å². The van der Waals surface area contributed by atoms with Crippen LogP contribution in [-0.4, -0.2) is 28.5 Å². The van der Waals surface area contributed by atoms with Gasteiger partial charge in [0.1, 0.15) is 0 Å². The molecule has 1 aromatic rings. The van der Waals surface area contributed by atoms with Gasteiger partial charge in [-0.25, -0.2) is 13.1 Å². The number of hydrogen-bond donors (Lipinski definition) is 1. The molecule has 0 unspecified atom stereocenters. The minimum atomic E-state index is -3.93. The van der Waals surface area contributed by atoms with Crippen LogP contribution in [0.4, 0.5) is 0 Å². The standard InChI is InChI=1S/C16H21NO5S/c1-21-14-9-8-13(11-15(14)22-2)23(19,20)17-16(18)10-12-6-4-3-5-7-12/h6,8-9,11H,3-5,7,10H2,1-2H3,(H,17,18). The van der Waals surface area contributed by atoms with Crippen LogP contribution >= 0.6 is 0 Å². The van der Waals surface area contributed by atoms with Gasteiger partial charge in [-0.15, -0.1) is 0 Å². The SMILES string of the molecule is COc1ccc(S(=O)(=O)NC(=O)CC2=CCCCC2)cc1OC. The maximum absolute atomic E-state index is 12.3. The van der Waals surface area contributed by atoms with Crippen molar-refractivity contribution in [1.82, 2.24) is 4.72 Å². The molecule has 23 heavy (non-hydrogen) atoms. The van der Waals surface area contributed by atoms with Gasteiger partial charge >= 0.3 is 0 Å². The number of rotatable bonds is 6. The van der Waals surface area contributed by atoms with E-state index in [1.165, 1.54) is 32.4 Å². The lowest BCUT2D eigenvalue weighted by molar-refractivity contribution is -0.118. The molecule has 0 radical (unpaired) electrons. The van der Waals surface area contributed by atoms with Crippen molar-refractivity contribution in [3.8, 4) is 11.5 Å². The Bertz CT molecular complexity index is 709. The number of nitrogens with one attached hydrogen (secondary N) is 1. The van der Waals surface area contributed by atoms with Crippen LogP contribution in [-0.2, 0) is 14.8 Å². The van der Waals surface area contributed by atoms with E-state index in [4.69, 9.17) is 9.47 Å². The maximum atomic E-state index is 12.3. The predicted molar refractivity (Wildman–Crippen MR) is 86.0 cm³/mol. The molecule has 126 valence electrons. The number of amides is 1. The van der Waals surface area contributed by atoms with E-state index >= 15 is 0 Å². The molecule has 2 rings (SSSR count). The summed E-state index contributed by atoms with van der Waals surface area (Å²) in [6.45, 7) is 0. The van der Waals surface area contributed by atoms with E-state index in [2.05, 4.69) is 4.72 Å². The van der Waals surface area contributed by atoms with E-state index in [1.54, 1.807) is 0 Å². The molecule has 1 aliphatic rings. The first-order chi connectivity index (χ1) is 11.0. The molecule has 0 aromatic heterocycles. The summed E-state index contributed by atoms with van der Waals surface area (Å²) < 4.78 is 36.9.